The van der Waals surface area contributed by atoms with E-state index >= 15 is 0 Å². The summed E-state index contributed by atoms with van der Waals surface area (Å²) in [5, 5.41) is 3.92. The van der Waals surface area contributed by atoms with Crippen LogP contribution in [0.2, 0.25) is 0 Å². The van der Waals surface area contributed by atoms with Gasteiger partial charge in [0.1, 0.15) is 11.3 Å². The molecule has 2 aromatic carbocycles. The van der Waals surface area contributed by atoms with Gasteiger partial charge in [-0.25, -0.2) is 0 Å². The van der Waals surface area contributed by atoms with E-state index in [0.717, 1.165) is 23.1 Å². The Bertz CT molecular complexity index is 958. The van der Waals surface area contributed by atoms with E-state index < -0.39 is 0 Å². The predicted octanol–water partition coefficient (Wildman–Crippen LogP) is 4.34. The Morgan fingerprint density at radius 3 is 2.50 bits per heavy atom. The maximum absolute atomic E-state index is 12.8. The number of amides is 1. The third-order valence-corrected chi connectivity index (χ3v) is 5.20. The molecule has 3 aromatic rings. The molecule has 5 heteroatoms. The maximum Gasteiger partial charge on any atom is 0.287 e. The average molecular weight is 380 g/mol. The predicted molar refractivity (Wildman–Crippen MR) is 112 cm³/mol. The number of carbonyl (C=O) groups is 1. The summed E-state index contributed by atoms with van der Waals surface area (Å²) in [6.07, 6.45) is 1.01. The second kappa shape index (κ2) is 8.48. The van der Waals surface area contributed by atoms with Crippen LogP contribution in [0.25, 0.3) is 11.0 Å². The van der Waals surface area contributed by atoms with E-state index in [4.69, 9.17) is 9.15 Å². The molecule has 1 amide bonds. The lowest BCUT2D eigenvalue weighted by molar-refractivity contribution is 0.0915. The van der Waals surface area contributed by atoms with Gasteiger partial charge in [0, 0.05) is 17.5 Å². The molecule has 148 valence electrons. The van der Waals surface area contributed by atoms with E-state index in [1.807, 2.05) is 39.2 Å². The maximum atomic E-state index is 12.8. The summed E-state index contributed by atoms with van der Waals surface area (Å²) in [5.41, 5.74) is 3.98. The smallest absolute Gasteiger partial charge is 0.287 e. The number of methoxy groups -OCH3 is 1. The van der Waals surface area contributed by atoms with Crippen LogP contribution in [0.3, 0.4) is 0 Å². The Kier molecular flexibility index (Phi) is 6.05. The fourth-order valence-corrected chi connectivity index (χ4v) is 3.39. The van der Waals surface area contributed by atoms with Crippen molar-refractivity contribution in [1.82, 2.24) is 10.2 Å². The summed E-state index contributed by atoms with van der Waals surface area (Å²) in [6.45, 7) is 4.54. The van der Waals surface area contributed by atoms with E-state index in [0.29, 0.717) is 17.9 Å². The van der Waals surface area contributed by atoms with Crippen LogP contribution in [0.4, 0.5) is 0 Å². The highest BCUT2D eigenvalue weighted by Gasteiger charge is 2.21. The van der Waals surface area contributed by atoms with Gasteiger partial charge < -0.3 is 19.4 Å². The van der Waals surface area contributed by atoms with Crippen molar-refractivity contribution in [3.63, 3.8) is 0 Å². The molecule has 1 N–H and O–H groups in total. The standard InChI is InChI=1S/C23H28N2O3/c1-6-16-7-9-17(10-8-16)20(25(3)4)14-24-23(26)22-15(2)19-13-18(27-5)11-12-21(19)28-22/h7-13,20H,6,14H2,1-5H3,(H,24,26)/t20-/m0/s1. The van der Waals surface area contributed by atoms with Crippen molar-refractivity contribution in [3.8, 4) is 5.75 Å². The molecule has 3 rings (SSSR count). The normalized spacial score (nSPS) is 12.4. The van der Waals surface area contributed by atoms with Gasteiger partial charge in [-0.05, 0) is 56.8 Å². The molecule has 28 heavy (non-hydrogen) atoms. The van der Waals surface area contributed by atoms with E-state index in [-0.39, 0.29) is 11.9 Å². The Balaban J connectivity index is 1.77. The molecular formula is C23H28N2O3. The van der Waals surface area contributed by atoms with Crippen molar-refractivity contribution in [2.75, 3.05) is 27.7 Å². The van der Waals surface area contributed by atoms with Gasteiger partial charge in [0.2, 0.25) is 0 Å². The molecule has 0 aliphatic rings. The molecule has 0 saturated heterocycles. The van der Waals surface area contributed by atoms with Crippen molar-refractivity contribution < 1.29 is 13.9 Å². The van der Waals surface area contributed by atoms with Crippen LogP contribution >= 0.6 is 0 Å². The van der Waals surface area contributed by atoms with E-state index in [1.54, 1.807) is 7.11 Å². The topological polar surface area (TPSA) is 54.7 Å². The number of rotatable bonds is 7. The van der Waals surface area contributed by atoms with Gasteiger partial charge in [-0.2, -0.15) is 0 Å². The monoisotopic (exact) mass is 380 g/mol. The lowest BCUT2D eigenvalue weighted by Crippen LogP contribution is -2.34. The fourth-order valence-electron chi connectivity index (χ4n) is 3.39. The van der Waals surface area contributed by atoms with Crippen LogP contribution in [0.5, 0.6) is 5.75 Å². The minimum absolute atomic E-state index is 0.0830. The summed E-state index contributed by atoms with van der Waals surface area (Å²) in [6, 6.07) is 14.2. The number of benzene rings is 2. The summed E-state index contributed by atoms with van der Waals surface area (Å²) in [4.78, 5) is 14.9. The second-order valence-corrected chi connectivity index (χ2v) is 7.20. The van der Waals surface area contributed by atoms with Crippen molar-refractivity contribution in [1.29, 1.82) is 0 Å². The number of hydrogen-bond donors (Lipinski definition) is 1. The number of carbonyl (C=O) groups excluding carboxylic acids is 1. The van der Waals surface area contributed by atoms with Gasteiger partial charge in [-0.1, -0.05) is 31.2 Å². The van der Waals surface area contributed by atoms with Gasteiger partial charge in [-0.15, -0.1) is 0 Å². The Morgan fingerprint density at radius 2 is 1.89 bits per heavy atom. The Morgan fingerprint density at radius 1 is 1.18 bits per heavy atom. The zero-order chi connectivity index (χ0) is 20.3. The molecule has 0 aliphatic carbocycles. The van der Waals surface area contributed by atoms with Crippen LogP contribution in [0.1, 0.15) is 40.2 Å². The Labute approximate surface area is 166 Å². The van der Waals surface area contributed by atoms with Crippen LogP contribution in [-0.2, 0) is 6.42 Å². The highest BCUT2D eigenvalue weighted by molar-refractivity contribution is 5.99. The number of ether oxygens (including phenoxy) is 1. The number of furan rings is 1. The summed E-state index contributed by atoms with van der Waals surface area (Å²) in [5.74, 6) is 0.887. The van der Waals surface area contributed by atoms with Crippen LogP contribution < -0.4 is 10.1 Å². The number of fused-ring (bicyclic) bond motifs is 1. The van der Waals surface area contributed by atoms with Crippen molar-refractivity contribution in [2.45, 2.75) is 26.3 Å². The third kappa shape index (κ3) is 4.04. The minimum atomic E-state index is -0.204. The van der Waals surface area contributed by atoms with Crippen molar-refractivity contribution in [2.24, 2.45) is 0 Å². The number of nitrogens with zero attached hydrogens (tertiary/aromatic N) is 1. The van der Waals surface area contributed by atoms with E-state index in [2.05, 4.69) is 41.4 Å². The largest absolute Gasteiger partial charge is 0.497 e. The number of nitrogens with one attached hydrogen (secondary N) is 1. The quantitative estimate of drug-likeness (QED) is 0.662. The first-order valence-electron chi connectivity index (χ1n) is 9.55. The zero-order valence-electron chi connectivity index (χ0n) is 17.2. The van der Waals surface area contributed by atoms with Gasteiger partial charge in [0.05, 0.1) is 13.2 Å². The number of likely N-dealkylation sites (N-methyl/N-ethyl adjacent to an activating group) is 1. The molecule has 1 atom stereocenters. The zero-order valence-corrected chi connectivity index (χ0v) is 17.2. The molecule has 0 radical (unpaired) electrons. The molecule has 1 heterocycles. The first-order valence-corrected chi connectivity index (χ1v) is 9.55. The average Bonchev–Trinajstić information content (AvgIpc) is 3.04. The highest BCUT2D eigenvalue weighted by atomic mass is 16.5. The molecule has 0 aliphatic heterocycles. The van der Waals surface area contributed by atoms with Gasteiger partial charge in [-0.3, -0.25) is 4.79 Å². The molecule has 0 fully saturated rings. The molecule has 0 saturated carbocycles. The van der Waals surface area contributed by atoms with E-state index in [1.165, 1.54) is 11.1 Å². The van der Waals surface area contributed by atoms with E-state index in [9.17, 15) is 4.79 Å². The SMILES string of the molecule is CCc1ccc([C@H](CNC(=O)c2oc3ccc(OC)cc3c2C)N(C)C)cc1. The molecule has 0 spiro atoms. The second-order valence-electron chi connectivity index (χ2n) is 7.20. The van der Waals surface area contributed by atoms with Crippen molar-refractivity contribution >= 4 is 16.9 Å². The van der Waals surface area contributed by atoms with Crippen LogP contribution in [0, 0.1) is 6.92 Å². The first kappa shape index (κ1) is 20.0. The molecule has 0 unspecified atom stereocenters. The van der Waals surface area contributed by atoms with Gasteiger partial charge in [0.25, 0.3) is 5.91 Å². The summed E-state index contributed by atoms with van der Waals surface area (Å²) in [7, 11) is 5.66. The molecule has 5 nitrogen and oxygen atoms in total. The highest BCUT2D eigenvalue weighted by Crippen LogP contribution is 2.29. The first-order chi connectivity index (χ1) is 13.4. The lowest BCUT2D eigenvalue weighted by atomic mass is 10.0. The fraction of sp³-hybridized carbons (Fsp3) is 0.348. The Hall–Kier alpha value is -2.79. The minimum Gasteiger partial charge on any atom is -0.497 e. The summed E-state index contributed by atoms with van der Waals surface area (Å²) < 4.78 is 11.1. The molecular weight excluding hydrogens is 352 g/mol. The van der Waals surface area contributed by atoms with Crippen LogP contribution in [-0.4, -0.2) is 38.6 Å². The summed E-state index contributed by atoms with van der Waals surface area (Å²) >= 11 is 0. The number of hydrogen-bond acceptors (Lipinski definition) is 4. The lowest BCUT2D eigenvalue weighted by Gasteiger charge is -2.25. The van der Waals surface area contributed by atoms with Crippen LogP contribution in [0.15, 0.2) is 46.9 Å². The van der Waals surface area contributed by atoms with Gasteiger partial charge in [0.15, 0.2) is 5.76 Å². The van der Waals surface area contributed by atoms with Crippen molar-refractivity contribution in [3.05, 3.63) is 64.9 Å². The third-order valence-electron chi connectivity index (χ3n) is 5.20. The number of aryl methyl sites for hydroxylation is 2. The molecule has 1 aromatic heterocycles. The van der Waals surface area contributed by atoms with Gasteiger partial charge >= 0.3 is 0 Å². The molecule has 0 bridgehead atoms.